The Morgan fingerprint density at radius 3 is 1.18 bits per heavy atom. The molecule has 1 amide bonds. The standard InChI is InChI=1S/C60H117NO10/c1-3-5-7-9-11-13-15-17-19-21-23-24-25-26-27-28-29-30-32-34-36-38-40-42-44-46-48-53(64)59(69)61-51(50-70-60-58(68)57(67)56(66)54(49-62)71-60)55(65)52(63)47-45-43-41-39-37-35-33-31-22-20-18-16-14-12-10-8-6-4-2/h26-27,51-58,60,62-68H,3-25,28-50H2,1-2H3,(H,61,69)/b27-26-. The van der Waals surface area contributed by atoms with E-state index in [-0.39, 0.29) is 6.42 Å². The van der Waals surface area contributed by atoms with E-state index >= 15 is 0 Å². The average Bonchev–Trinajstić information content (AvgIpc) is 3.37. The molecule has 1 fully saturated rings. The normalized spacial score (nSPS) is 20.2. The van der Waals surface area contributed by atoms with Crippen molar-refractivity contribution in [1.29, 1.82) is 0 Å². The van der Waals surface area contributed by atoms with Crippen LogP contribution in [-0.4, -0.2) is 110 Å². The fourth-order valence-corrected chi connectivity index (χ4v) is 10.1. The van der Waals surface area contributed by atoms with Crippen molar-refractivity contribution in [3.63, 3.8) is 0 Å². The van der Waals surface area contributed by atoms with Crippen LogP contribution in [0.5, 0.6) is 0 Å². The number of aliphatic hydroxyl groups excluding tert-OH is 7. The van der Waals surface area contributed by atoms with Crippen LogP contribution in [0.2, 0.25) is 0 Å². The summed E-state index contributed by atoms with van der Waals surface area (Å²) in [5, 5.41) is 76.2. The fraction of sp³-hybridized carbons (Fsp3) is 0.950. The number of ether oxygens (including phenoxy) is 2. The van der Waals surface area contributed by atoms with Gasteiger partial charge in [-0.15, -0.1) is 0 Å². The van der Waals surface area contributed by atoms with Crippen LogP contribution in [0.15, 0.2) is 12.2 Å². The van der Waals surface area contributed by atoms with Crippen LogP contribution in [0.4, 0.5) is 0 Å². The molecule has 0 spiro atoms. The summed E-state index contributed by atoms with van der Waals surface area (Å²) in [4.78, 5) is 13.2. The van der Waals surface area contributed by atoms with Gasteiger partial charge in [0.25, 0.3) is 0 Å². The molecule has 0 aromatic heterocycles. The molecule has 0 radical (unpaired) electrons. The molecule has 0 aliphatic carbocycles. The SMILES string of the molecule is CCCCCCCCCCCCCC/C=C\CCCCCCCCCCCCC(O)C(=O)NC(COC1OC(CO)C(O)C(O)C1O)C(O)C(O)CCCCCCCCCCCCCCCCCCCC. The monoisotopic (exact) mass is 1010 g/mol. The third-order valence-corrected chi connectivity index (χ3v) is 15.1. The lowest BCUT2D eigenvalue weighted by atomic mass is 9.98. The van der Waals surface area contributed by atoms with Crippen molar-refractivity contribution in [2.24, 2.45) is 0 Å². The number of hydrogen-bond acceptors (Lipinski definition) is 10. The number of nitrogens with one attached hydrogen (secondary N) is 1. The third kappa shape index (κ3) is 38.1. The van der Waals surface area contributed by atoms with E-state index in [2.05, 4.69) is 31.3 Å². The minimum absolute atomic E-state index is 0.262. The summed E-state index contributed by atoms with van der Waals surface area (Å²) in [6, 6.07) is -1.17. The highest BCUT2D eigenvalue weighted by Gasteiger charge is 2.44. The van der Waals surface area contributed by atoms with E-state index in [0.717, 1.165) is 38.5 Å². The fourth-order valence-electron chi connectivity index (χ4n) is 10.1. The number of carbonyl (C=O) groups is 1. The predicted molar refractivity (Wildman–Crippen MR) is 293 cm³/mol. The molecule has 1 aliphatic rings. The summed E-state index contributed by atoms with van der Waals surface area (Å²) in [5.41, 5.74) is 0. The summed E-state index contributed by atoms with van der Waals surface area (Å²) in [6.07, 6.45) is 46.9. The Balaban J connectivity index is 2.26. The van der Waals surface area contributed by atoms with Gasteiger partial charge in [-0.25, -0.2) is 0 Å². The molecule has 11 heteroatoms. The average molecular weight is 1010 g/mol. The van der Waals surface area contributed by atoms with Crippen LogP contribution in [0.1, 0.15) is 296 Å². The molecule has 9 atom stereocenters. The molecule has 0 bridgehead atoms. The first-order valence-corrected chi connectivity index (χ1v) is 30.6. The van der Waals surface area contributed by atoms with Crippen molar-refractivity contribution >= 4 is 5.91 Å². The highest BCUT2D eigenvalue weighted by Crippen LogP contribution is 2.24. The van der Waals surface area contributed by atoms with E-state index in [1.807, 2.05) is 0 Å². The van der Waals surface area contributed by atoms with Gasteiger partial charge in [0.05, 0.1) is 25.4 Å². The van der Waals surface area contributed by atoms with Gasteiger partial charge >= 0.3 is 0 Å². The van der Waals surface area contributed by atoms with Crippen molar-refractivity contribution < 1.29 is 50.0 Å². The first-order valence-electron chi connectivity index (χ1n) is 30.6. The Morgan fingerprint density at radius 2 is 0.817 bits per heavy atom. The van der Waals surface area contributed by atoms with Crippen LogP contribution < -0.4 is 5.32 Å². The second-order valence-corrected chi connectivity index (χ2v) is 21.8. The second kappa shape index (κ2) is 49.7. The van der Waals surface area contributed by atoms with Crippen molar-refractivity contribution in [3.8, 4) is 0 Å². The molecule has 71 heavy (non-hydrogen) atoms. The quantitative estimate of drug-likeness (QED) is 0.0215. The number of amides is 1. The molecule has 1 heterocycles. The maximum Gasteiger partial charge on any atom is 0.249 e. The molecule has 0 aromatic carbocycles. The number of aliphatic hydroxyl groups is 7. The van der Waals surface area contributed by atoms with Gasteiger partial charge in [0.2, 0.25) is 5.91 Å². The summed E-state index contributed by atoms with van der Waals surface area (Å²) >= 11 is 0. The van der Waals surface area contributed by atoms with Crippen molar-refractivity contribution in [1.82, 2.24) is 5.32 Å². The molecule has 422 valence electrons. The number of rotatable bonds is 53. The van der Waals surface area contributed by atoms with Crippen molar-refractivity contribution in [2.75, 3.05) is 13.2 Å². The van der Waals surface area contributed by atoms with Gasteiger partial charge in [0.1, 0.15) is 36.6 Å². The van der Waals surface area contributed by atoms with Gasteiger partial charge in [-0.05, 0) is 38.5 Å². The lowest BCUT2D eigenvalue weighted by Crippen LogP contribution is -2.60. The van der Waals surface area contributed by atoms with Gasteiger partial charge in [-0.2, -0.15) is 0 Å². The topological polar surface area (TPSA) is 189 Å². The third-order valence-electron chi connectivity index (χ3n) is 15.1. The van der Waals surface area contributed by atoms with Crippen LogP contribution >= 0.6 is 0 Å². The molecule has 11 nitrogen and oxygen atoms in total. The van der Waals surface area contributed by atoms with E-state index in [0.29, 0.717) is 19.3 Å². The number of allylic oxidation sites excluding steroid dienone is 2. The lowest BCUT2D eigenvalue weighted by molar-refractivity contribution is -0.303. The first kappa shape index (κ1) is 67.9. The lowest BCUT2D eigenvalue weighted by Gasteiger charge is -2.40. The molecule has 0 aromatic rings. The highest BCUT2D eigenvalue weighted by molar-refractivity contribution is 5.80. The van der Waals surface area contributed by atoms with E-state index < -0.39 is 74.2 Å². The minimum Gasteiger partial charge on any atom is -0.394 e. The molecule has 1 saturated heterocycles. The zero-order chi connectivity index (χ0) is 51.8. The van der Waals surface area contributed by atoms with Crippen LogP contribution in [0.3, 0.4) is 0 Å². The number of hydrogen-bond donors (Lipinski definition) is 8. The molecule has 8 N–H and O–H groups in total. The molecule has 0 saturated carbocycles. The maximum absolute atomic E-state index is 13.2. The smallest absolute Gasteiger partial charge is 0.249 e. The largest absolute Gasteiger partial charge is 0.394 e. The van der Waals surface area contributed by atoms with Gasteiger partial charge in [-0.1, -0.05) is 270 Å². The van der Waals surface area contributed by atoms with E-state index in [1.54, 1.807) is 0 Å². The molecule has 9 unspecified atom stereocenters. The minimum atomic E-state index is -1.66. The Labute approximate surface area is 436 Å². The summed E-state index contributed by atoms with van der Waals surface area (Å²) < 4.78 is 11.2. The maximum atomic E-state index is 13.2. The van der Waals surface area contributed by atoms with Crippen LogP contribution in [0.25, 0.3) is 0 Å². The van der Waals surface area contributed by atoms with E-state index in [9.17, 15) is 40.5 Å². The Bertz CT molecular complexity index is 1160. The number of carbonyl (C=O) groups excluding carboxylic acids is 1. The Kier molecular flexibility index (Phi) is 47.5. The van der Waals surface area contributed by atoms with Crippen molar-refractivity contribution in [2.45, 2.75) is 351 Å². The van der Waals surface area contributed by atoms with Gasteiger partial charge < -0.3 is 50.5 Å². The molecule has 1 rings (SSSR count). The van der Waals surface area contributed by atoms with Gasteiger partial charge in [0.15, 0.2) is 6.29 Å². The zero-order valence-electron chi connectivity index (χ0n) is 46.2. The zero-order valence-corrected chi connectivity index (χ0v) is 46.2. The molecular formula is C60H117NO10. The van der Waals surface area contributed by atoms with E-state index in [1.165, 1.54) is 218 Å². The van der Waals surface area contributed by atoms with Gasteiger partial charge in [0, 0.05) is 0 Å². The summed E-state index contributed by atoms with van der Waals surface area (Å²) in [6.45, 7) is 3.50. The number of unbranched alkanes of at least 4 members (excludes halogenated alkanes) is 39. The second-order valence-electron chi connectivity index (χ2n) is 21.8. The summed E-state index contributed by atoms with van der Waals surface area (Å²) in [7, 11) is 0. The first-order chi connectivity index (χ1) is 34.7. The Hall–Kier alpha value is -1.15. The Morgan fingerprint density at radius 1 is 0.479 bits per heavy atom. The van der Waals surface area contributed by atoms with Crippen LogP contribution in [-0.2, 0) is 14.3 Å². The van der Waals surface area contributed by atoms with E-state index in [4.69, 9.17) is 9.47 Å². The predicted octanol–water partition coefficient (Wildman–Crippen LogP) is 13.1. The molecule has 1 aliphatic heterocycles. The van der Waals surface area contributed by atoms with Crippen molar-refractivity contribution in [3.05, 3.63) is 12.2 Å². The van der Waals surface area contributed by atoms with Crippen LogP contribution in [0, 0.1) is 0 Å². The summed E-state index contributed by atoms with van der Waals surface area (Å²) in [5.74, 6) is -0.693. The highest BCUT2D eigenvalue weighted by atomic mass is 16.7. The van der Waals surface area contributed by atoms with Gasteiger partial charge in [-0.3, -0.25) is 4.79 Å². The molecular weight excluding hydrogens is 895 g/mol.